The predicted molar refractivity (Wildman–Crippen MR) is 57.5 cm³/mol. The molecule has 2 aliphatic rings. The molecule has 1 aliphatic heterocycles. The molecule has 1 fully saturated rings. The lowest BCUT2D eigenvalue weighted by Gasteiger charge is -2.23. The van der Waals surface area contributed by atoms with Crippen molar-refractivity contribution in [1.82, 2.24) is 14.8 Å². The van der Waals surface area contributed by atoms with Crippen molar-refractivity contribution >= 4 is 0 Å². The van der Waals surface area contributed by atoms with E-state index in [1.807, 2.05) is 0 Å². The van der Waals surface area contributed by atoms with Crippen LogP contribution in [0.1, 0.15) is 43.3 Å². The second-order valence-corrected chi connectivity index (χ2v) is 4.84. The zero-order valence-electron chi connectivity index (χ0n) is 9.02. The molecule has 2 heterocycles. The molecule has 1 aromatic heterocycles. The van der Waals surface area contributed by atoms with Crippen molar-refractivity contribution < 1.29 is 0 Å². The Morgan fingerprint density at radius 2 is 2.13 bits per heavy atom. The molecule has 1 unspecified atom stereocenters. The summed E-state index contributed by atoms with van der Waals surface area (Å²) in [7, 11) is 0. The van der Waals surface area contributed by atoms with Crippen LogP contribution in [-0.2, 0) is 13.0 Å². The van der Waals surface area contributed by atoms with E-state index in [9.17, 15) is 0 Å². The van der Waals surface area contributed by atoms with Crippen LogP contribution in [0.5, 0.6) is 0 Å². The summed E-state index contributed by atoms with van der Waals surface area (Å²) in [5.41, 5.74) is 5.62. The highest BCUT2D eigenvalue weighted by Crippen LogP contribution is 2.40. The van der Waals surface area contributed by atoms with Crippen LogP contribution < -0.4 is 5.73 Å². The number of hydrogen-bond acceptors (Lipinski definition) is 3. The number of hydrogen-bond donors (Lipinski definition) is 1. The molecule has 1 saturated carbocycles. The van der Waals surface area contributed by atoms with Gasteiger partial charge in [-0.15, -0.1) is 10.2 Å². The van der Waals surface area contributed by atoms with Crippen molar-refractivity contribution in [1.29, 1.82) is 0 Å². The molecule has 0 spiro atoms. The fourth-order valence-electron chi connectivity index (χ4n) is 2.53. The summed E-state index contributed by atoms with van der Waals surface area (Å²) in [6, 6.07) is 0. The van der Waals surface area contributed by atoms with Gasteiger partial charge < -0.3 is 10.3 Å². The Balaban J connectivity index is 1.82. The van der Waals surface area contributed by atoms with Crippen molar-refractivity contribution in [3.63, 3.8) is 0 Å². The van der Waals surface area contributed by atoms with Gasteiger partial charge in [-0.05, 0) is 38.1 Å². The van der Waals surface area contributed by atoms with E-state index in [1.165, 1.54) is 30.9 Å². The van der Waals surface area contributed by atoms with E-state index < -0.39 is 0 Å². The summed E-state index contributed by atoms with van der Waals surface area (Å²) >= 11 is 0. The summed E-state index contributed by atoms with van der Waals surface area (Å²) < 4.78 is 2.36. The van der Waals surface area contributed by atoms with Crippen LogP contribution >= 0.6 is 0 Å². The molecule has 0 saturated heterocycles. The quantitative estimate of drug-likeness (QED) is 0.804. The number of nitrogens with zero attached hydrogens (tertiary/aromatic N) is 3. The van der Waals surface area contributed by atoms with Crippen molar-refractivity contribution in [2.75, 3.05) is 6.54 Å². The maximum Gasteiger partial charge on any atom is 0.136 e. The van der Waals surface area contributed by atoms with E-state index in [-0.39, 0.29) is 0 Å². The third kappa shape index (κ3) is 1.67. The second kappa shape index (κ2) is 3.59. The Labute approximate surface area is 89.9 Å². The molecule has 1 aromatic rings. The fourth-order valence-corrected chi connectivity index (χ4v) is 2.53. The van der Waals surface area contributed by atoms with Crippen LogP contribution in [0.15, 0.2) is 0 Å². The average Bonchev–Trinajstić information content (AvgIpc) is 3.00. The highest BCUT2D eigenvalue weighted by molar-refractivity contribution is 5.10. The lowest BCUT2D eigenvalue weighted by Crippen LogP contribution is -2.23. The first-order valence-corrected chi connectivity index (χ1v) is 6.00. The minimum atomic E-state index is 0.711. The molecule has 82 valence electrons. The summed E-state index contributed by atoms with van der Waals surface area (Å²) in [4.78, 5) is 0. The van der Waals surface area contributed by atoms with Gasteiger partial charge in [0.25, 0.3) is 0 Å². The van der Waals surface area contributed by atoms with Gasteiger partial charge in [0.05, 0.1) is 0 Å². The molecule has 0 bridgehead atoms. The van der Waals surface area contributed by atoms with E-state index in [2.05, 4.69) is 14.8 Å². The number of aryl methyl sites for hydroxylation is 1. The highest BCUT2D eigenvalue weighted by atomic mass is 15.3. The van der Waals surface area contributed by atoms with E-state index in [0.717, 1.165) is 31.8 Å². The monoisotopic (exact) mass is 206 g/mol. The van der Waals surface area contributed by atoms with Crippen LogP contribution in [0.25, 0.3) is 0 Å². The lowest BCUT2D eigenvalue weighted by molar-refractivity contribution is 0.343. The molecule has 2 N–H and O–H groups in total. The van der Waals surface area contributed by atoms with Gasteiger partial charge in [-0.3, -0.25) is 0 Å². The van der Waals surface area contributed by atoms with Crippen LogP contribution in [0, 0.1) is 5.92 Å². The Kier molecular flexibility index (Phi) is 2.24. The zero-order valence-corrected chi connectivity index (χ0v) is 9.02. The standard InChI is InChI=1S/C11H18N4/c12-6-5-8-1-4-10-13-14-11(9-2-3-9)15(10)7-8/h8-9H,1-7,12H2. The van der Waals surface area contributed by atoms with Crippen molar-refractivity contribution in [2.24, 2.45) is 11.7 Å². The first kappa shape index (κ1) is 9.33. The van der Waals surface area contributed by atoms with Gasteiger partial charge in [-0.25, -0.2) is 0 Å². The van der Waals surface area contributed by atoms with Crippen LogP contribution in [0.3, 0.4) is 0 Å². The summed E-state index contributed by atoms with van der Waals surface area (Å²) in [6.07, 6.45) is 6.07. The fraction of sp³-hybridized carbons (Fsp3) is 0.818. The zero-order chi connectivity index (χ0) is 10.3. The van der Waals surface area contributed by atoms with Gasteiger partial charge in [-0.2, -0.15) is 0 Å². The Hall–Kier alpha value is -0.900. The topological polar surface area (TPSA) is 56.7 Å². The number of fused-ring (bicyclic) bond motifs is 1. The van der Waals surface area contributed by atoms with Crippen LogP contribution in [-0.4, -0.2) is 21.3 Å². The third-order valence-electron chi connectivity index (χ3n) is 3.59. The van der Waals surface area contributed by atoms with E-state index in [4.69, 9.17) is 5.73 Å². The maximum atomic E-state index is 5.62. The minimum absolute atomic E-state index is 0.711. The third-order valence-corrected chi connectivity index (χ3v) is 3.59. The lowest BCUT2D eigenvalue weighted by atomic mass is 9.96. The largest absolute Gasteiger partial charge is 0.330 e. The molecule has 15 heavy (non-hydrogen) atoms. The van der Waals surface area contributed by atoms with E-state index >= 15 is 0 Å². The van der Waals surface area contributed by atoms with Crippen LogP contribution in [0.4, 0.5) is 0 Å². The van der Waals surface area contributed by atoms with Crippen LogP contribution in [0.2, 0.25) is 0 Å². The molecule has 0 amide bonds. The van der Waals surface area contributed by atoms with Gasteiger partial charge in [0.15, 0.2) is 0 Å². The molecule has 1 atom stereocenters. The SMILES string of the molecule is NCCC1CCc2nnc(C3CC3)n2C1. The molecule has 3 rings (SSSR count). The van der Waals surface area contributed by atoms with Crippen molar-refractivity contribution in [3.8, 4) is 0 Å². The summed E-state index contributed by atoms with van der Waals surface area (Å²) in [6.45, 7) is 1.91. The van der Waals surface area contributed by atoms with Gasteiger partial charge in [-0.1, -0.05) is 0 Å². The highest BCUT2D eigenvalue weighted by Gasteiger charge is 2.32. The summed E-state index contributed by atoms with van der Waals surface area (Å²) in [5.74, 6) is 3.90. The molecule has 4 heteroatoms. The van der Waals surface area contributed by atoms with E-state index in [1.54, 1.807) is 0 Å². The van der Waals surface area contributed by atoms with Gasteiger partial charge >= 0.3 is 0 Å². The molecular weight excluding hydrogens is 188 g/mol. The number of aromatic nitrogens is 3. The van der Waals surface area contributed by atoms with Crippen molar-refractivity contribution in [3.05, 3.63) is 11.6 Å². The van der Waals surface area contributed by atoms with Gasteiger partial charge in [0.2, 0.25) is 0 Å². The summed E-state index contributed by atoms with van der Waals surface area (Å²) in [5, 5.41) is 8.63. The Bertz CT molecular complexity index is 353. The predicted octanol–water partition coefficient (Wildman–Crippen LogP) is 1.07. The molecule has 0 aromatic carbocycles. The molecular formula is C11H18N4. The minimum Gasteiger partial charge on any atom is -0.330 e. The van der Waals surface area contributed by atoms with Gasteiger partial charge in [0, 0.05) is 18.9 Å². The van der Waals surface area contributed by atoms with E-state index in [0.29, 0.717) is 5.92 Å². The number of nitrogens with two attached hydrogens (primary N) is 1. The normalized spacial score (nSPS) is 25.3. The molecule has 0 radical (unpaired) electrons. The maximum absolute atomic E-state index is 5.62. The Morgan fingerprint density at radius 3 is 2.87 bits per heavy atom. The first-order valence-electron chi connectivity index (χ1n) is 6.00. The average molecular weight is 206 g/mol. The van der Waals surface area contributed by atoms with Crippen molar-refractivity contribution in [2.45, 2.75) is 44.6 Å². The number of rotatable bonds is 3. The first-order chi connectivity index (χ1) is 7.38. The molecule has 4 nitrogen and oxygen atoms in total. The second-order valence-electron chi connectivity index (χ2n) is 4.84. The smallest absolute Gasteiger partial charge is 0.136 e. The Morgan fingerprint density at radius 1 is 1.27 bits per heavy atom. The van der Waals surface area contributed by atoms with Gasteiger partial charge in [0.1, 0.15) is 11.6 Å². The molecule has 1 aliphatic carbocycles.